The molecule has 0 amide bonds. The lowest BCUT2D eigenvalue weighted by atomic mass is 9.78. The summed E-state index contributed by atoms with van der Waals surface area (Å²) in [4.78, 5) is 0. The summed E-state index contributed by atoms with van der Waals surface area (Å²) in [6, 6.07) is 6.33. The zero-order valence-corrected chi connectivity index (χ0v) is 19.1. The second kappa shape index (κ2) is 12.0. The molecule has 0 aromatic heterocycles. The third kappa shape index (κ3) is 6.93. The predicted octanol–water partition coefficient (Wildman–Crippen LogP) is 8.00. The van der Waals surface area contributed by atoms with Gasteiger partial charge in [0.05, 0.1) is 0 Å². The van der Waals surface area contributed by atoms with Crippen molar-refractivity contribution in [2.45, 2.75) is 71.1 Å². The largest absolute Gasteiger partial charge is 0.207 e. The van der Waals surface area contributed by atoms with Crippen molar-refractivity contribution in [3.63, 3.8) is 0 Å². The van der Waals surface area contributed by atoms with Crippen molar-refractivity contribution >= 4 is 0 Å². The van der Waals surface area contributed by atoms with Gasteiger partial charge in [-0.25, -0.2) is 17.6 Å². The average Bonchev–Trinajstić information content (AvgIpc) is 2.78. The van der Waals surface area contributed by atoms with Crippen molar-refractivity contribution in [3.8, 4) is 6.07 Å². The van der Waals surface area contributed by atoms with Crippen molar-refractivity contribution in [3.05, 3.63) is 81.9 Å². The van der Waals surface area contributed by atoms with E-state index in [9.17, 15) is 17.6 Å². The Bertz CT molecular complexity index is 967. The standard InChI is InChI=1S/C28H31F4N/c1-2-3-4-5-19-6-8-20(9-7-19)10-11-21-14-25(29)23(26(30)15-21)13-12-22-16-27(31)24(18-33)28(32)17-22/h2-3,14-17,19-20H,4-13H2,1H3/b3-2+. The fourth-order valence-corrected chi connectivity index (χ4v) is 4.86. The molecule has 1 saturated carbocycles. The first-order chi connectivity index (χ1) is 15.9. The molecule has 0 saturated heterocycles. The van der Waals surface area contributed by atoms with E-state index in [0.29, 0.717) is 17.9 Å². The number of hydrogen-bond acceptors (Lipinski definition) is 1. The highest BCUT2D eigenvalue weighted by Gasteiger charge is 2.21. The van der Waals surface area contributed by atoms with Crippen LogP contribution in [0.5, 0.6) is 0 Å². The summed E-state index contributed by atoms with van der Waals surface area (Å²) in [5.41, 5.74) is 0.181. The Kier molecular flexibility index (Phi) is 9.11. The minimum atomic E-state index is -0.962. The predicted molar refractivity (Wildman–Crippen MR) is 123 cm³/mol. The Balaban J connectivity index is 1.53. The van der Waals surface area contributed by atoms with Gasteiger partial charge in [0.25, 0.3) is 0 Å². The molecule has 0 N–H and O–H groups in total. The first-order valence-electron chi connectivity index (χ1n) is 11.9. The fourth-order valence-electron chi connectivity index (χ4n) is 4.86. The Morgan fingerprint density at radius 2 is 1.30 bits per heavy atom. The average molecular weight is 458 g/mol. The van der Waals surface area contributed by atoms with Crippen LogP contribution in [-0.2, 0) is 19.3 Å². The number of rotatable bonds is 9. The van der Waals surface area contributed by atoms with Crippen LogP contribution in [0, 0.1) is 46.4 Å². The van der Waals surface area contributed by atoms with E-state index in [-0.39, 0.29) is 24.0 Å². The molecule has 0 atom stereocenters. The lowest BCUT2D eigenvalue weighted by Gasteiger charge is -2.28. The number of hydrogen-bond donors (Lipinski definition) is 0. The van der Waals surface area contributed by atoms with Gasteiger partial charge >= 0.3 is 0 Å². The lowest BCUT2D eigenvalue weighted by molar-refractivity contribution is 0.254. The van der Waals surface area contributed by atoms with Gasteiger partial charge in [-0.3, -0.25) is 0 Å². The molecule has 2 aromatic rings. The fraction of sp³-hybridized carbons (Fsp3) is 0.464. The molecule has 33 heavy (non-hydrogen) atoms. The maximum absolute atomic E-state index is 14.6. The van der Waals surface area contributed by atoms with E-state index in [1.807, 2.05) is 6.92 Å². The van der Waals surface area contributed by atoms with Crippen LogP contribution in [-0.4, -0.2) is 0 Å². The second-order valence-corrected chi connectivity index (χ2v) is 9.16. The van der Waals surface area contributed by atoms with E-state index in [1.54, 1.807) is 0 Å². The lowest BCUT2D eigenvalue weighted by Crippen LogP contribution is -2.15. The minimum absolute atomic E-state index is 0.0139. The first kappa shape index (κ1) is 25.0. The number of allylic oxidation sites excluding steroid dienone is 2. The van der Waals surface area contributed by atoms with Crippen LogP contribution in [0.1, 0.15) is 74.1 Å². The first-order valence-corrected chi connectivity index (χ1v) is 11.9. The van der Waals surface area contributed by atoms with Crippen molar-refractivity contribution < 1.29 is 17.6 Å². The normalized spacial score (nSPS) is 18.5. The molecule has 1 aliphatic carbocycles. The summed E-state index contributed by atoms with van der Waals surface area (Å²) in [6.07, 6.45) is 13.2. The molecule has 3 rings (SSSR count). The van der Waals surface area contributed by atoms with Gasteiger partial charge in [0.1, 0.15) is 34.9 Å². The van der Waals surface area contributed by atoms with Gasteiger partial charge in [-0.2, -0.15) is 5.26 Å². The van der Waals surface area contributed by atoms with Gasteiger partial charge in [0.15, 0.2) is 0 Å². The van der Waals surface area contributed by atoms with Gasteiger partial charge in [-0.05, 0) is 92.7 Å². The molecule has 0 heterocycles. The van der Waals surface area contributed by atoms with Crippen LogP contribution < -0.4 is 0 Å². The van der Waals surface area contributed by atoms with Crippen LogP contribution in [0.15, 0.2) is 36.4 Å². The zero-order valence-electron chi connectivity index (χ0n) is 19.1. The van der Waals surface area contributed by atoms with E-state index in [4.69, 9.17) is 5.26 Å². The molecule has 5 heteroatoms. The SMILES string of the molecule is C/C=C/CCC1CCC(CCc2cc(F)c(CCc3cc(F)c(C#N)c(F)c3)c(F)c2)CC1. The summed E-state index contributed by atoms with van der Waals surface area (Å²) in [5, 5.41) is 8.74. The molecular formula is C28H31F4N. The summed E-state index contributed by atoms with van der Waals surface area (Å²) >= 11 is 0. The highest BCUT2D eigenvalue weighted by molar-refractivity contribution is 5.36. The van der Waals surface area contributed by atoms with Crippen molar-refractivity contribution in [1.82, 2.24) is 0 Å². The highest BCUT2D eigenvalue weighted by Crippen LogP contribution is 2.34. The molecular weight excluding hydrogens is 426 g/mol. The molecule has 1 nitrogen and oxygen atoms in total. The number of nitrogens with zero attached hydrogens (tertiary/aromatic N) is 1. The molecule has 0 unspecified atom stereocenters. The molecule has 1 fully saturated rings. The smallest absolute Gasteiger partial charge is 0.144 e. The number of benzene rings is 2. The van der Waals surface area contributed by atoms with Crippen molar-refractivity contribution in [2.24, 2.45) is 11.8 Å². The van der Waals surface area contributed by atoms with Gasteiger partial charge in [-0.1, -0.05) is 37.8 Å². The Labute approximate surface area is 194 Å². The number of aryl methyl sites for hydroxylation is 2. The third-order valence-corrected chi connectivity index (χ3v) is 6.86. The van der Waals surface area contributed by atoms with E-state index < -0.39 is 28.8 Å². The van der Waals surface area contributed by atoms with E-state index >= 15 is 0 Å². The summed E-state index contributed by atoms with van der Waals surface area (Å²) < 4.78 is 56.8. The maximum Gasteiger partial charge on any atom is 0.144 e. The van der Waals surface area contributed by atoms with Gasteiger partial charge in [0.2, 0.25) is 0 Å². The van der Waals surface area contributed by atoms with E-state index in [1.165, 1.54) is 50.3 Å². The Morgan fingerprint density at radius 1 is 0.788 bits per heavy atom. The Hall–Kier alpha value is -2.61. The summed E-state index contributed by atoms with van der Waals surface area (Å²) in [5.74, 6) is -1.76. The molecule has 176 valence electrons. The van der Waals surface area contributed by atoms with Crippen molar-refractivity contribution in [2.75, 3.05) is 0 Å². The maximum atomic E-state index is 14.6. The monoisotopic (exact) mass is 457 g/mol. The molecule has 0 spiro atoms. The number of halogens is 4. The van der Waals surface area contributed by atoms with Crippen molar-refractivity contribution in [1.29, 1.82) is 5.26 Å². The molecule has 2 aromatic carbocycles. The van der Waals surface area contributed by atoms with Crippen LogP contribution in [0.2, 0.25) is 0 Å². The summed E-state index contributed by atoms with van der Waals surface area (Å²) in [7, 11) is 0. The van der Waals surface area contributed by atoms with Crippen LogP contribution in [0.3, 0.4) is 0 Å². The van der Waals surface area contributed by atoms with Gasteiger partial charge < -0.3 is 0 Å². The van der Waals surface area contributed by atoms with E-state index in [2.05, 4.69) is 12.2 Å². The summed E-state index contributed by atoms with van der Waals surface area (Å²) in [6.45, 7) is 2.05. The molecule has 0 bridgehead atoms. The zero-order chi connectivity index (χ0) is 23.8. The van der Waals surface area contributed by atoms with Crippen LogP contribution >= 0.6 is 0 Å². The minimum Gasteiger partial charge on any atom is -0.207 e. The van der Waals surface area contributed by atoms with Gasteiger partial charge in [0, 0.05) is 5.56 Å². The Morgan fingerprint density at radius 3 is 1.85 bits per heavy atom. The van der Waals surface area contributed by atoms with E-state index in [0.717, 1.165) is 30.9 Å². The number of nitriles is 1. The molecule has 0 aliphatic heterocycles. The second-order valence-electron chi connectivity index (χ2n) is 9.16. The quantitative estimate of drug-likeness (QED) is 0.276. The van der Waals surface area contributed by atoms with Gasteiger partial charge in [-0.15, -0.1) is 0 Å². The molecule has 0 radical (unpaired) electrons. The van der Waals surface area contributed by atoms with Crippen LogP contribution in [0.25, 0.3) is 0 Å². The topological polar surface area (TPSA) is 23.8 Å². The third-order valence-electron chi connectivity index (χ3n) is 6.86. The molecule has 1 aliphatic rings. The highest BCUT2D eigenvalue weighted by atomic mass is 19.1. The van der Waals surface area contributed by atoms with Crippen LogP contribution in [0.4, 0.5) is 17.6 Å².